The van der Waals surface area contributed by atoms with Crippen LogP contribution in [-0.4, -0.2) is 19.1 Å². The maximum absolute atomic E-state index is 5.98. The van der Waals surface area contributed by atoms with Crippen LogP contribution < -0.4 is 0 Å². The second kappa shape index (κ2) is 6.51. The number of methoxy groups -OCH3 is 1. The number of ether oxygens (including phenoxy) is 1. The van der Waals surface area contributed by atoms with Crippen LogP contribution in [0.5, 0.6) is 0 Å². The molecule has 0 spiro atoms. The summed E-state index contributed by atoms with van der Waals surface area (Å²) < 4.78 is 6.36. The Hall–Kier alpha value is -0.0500. The van der Waals surface area contributed by atoms with Crippen molar-refractivity contribution in [2.24, 2.45) is 0 Å². The van der Waals surface area contributed by atoms with E-state index in [1.54, 1.807) is 7.11 Å². The monoisotopic (exact) mass is 290 g/mol. The predicted molar refractivity (Wildman–Crippen MR) is 68.7 cm³/mol. The SMILES string of the molecule is COC(C)CC(CCl)c1ccc(Br)cc1. The third-order valence-corrected chi connectivity index (χ3v) is 3.45. The van der Waals surface area contributed by atoms with E-state index in [-0.39, 0.29) is 6.10 Å². The van der Waals surface area contributed by atoms with Crippen LogP contribution >= 0.6 is 27.5 Å². The molecular weight excluding hydrogens is 275 g/mol. The first kappa shape index (κ1) is 13.0. The van der Waals surface area contributed by atoms with Gasteiger partial charge in [0.05, 0.1) is 6.10 Å². The van der Waals surface area contributed by atoms with E-state index < -0.39 is 0 Å². The standard InChI is InChI=1S/C12H16BrClO/c1-9(15-2)7-11(8-14)10-3-5-12(13)6-4-10/h3-6,9,11H,7-8H2,1-2H3. The molecule has 84 valence electrons. The van der Waals surface area contributed by atoms with Crippen LogP contribution in [0.4, 0.5) is 0 Å². The molecule has 0 aliphatic heterocycles. The van der Waals surface area contributed by atoms with Crippen molar-refractivity contribution in [3.63, 3.8) is 0 Å². The molecule has 0 aromatic heterocycles. The van der Waals surface area contributed by atoms with E-state index in [1.165, 1.54) is 5.56 Å². The van der Waals surface area contributed by atoms with Crippen molar-refractivity contribution < 1.29 is 4.74 Å². The number of halogens is 2. The van der Waals surface area contributed by atoms with Crippen LogP contribution in [0.3, 0.4) is 0 Å². The minimum Gasteiger partial charge on any atom is -0.382 e. The molecule has 2 atom stereocenters. The summed E-state index contributed by atoms with van der Waals surface area (Å²) in [7, 11) is 1.73. The van der Waals surface area contributed by atoms with Crippen LogP contribution in [0.15, 0.2) is 28.7 Å². The summed E-state index contributed by atoms with van der Waals surface area (Å²) in [6.45, 7) is 2.07. The highest BCUT2D eigenvalue weighted by atomic mass is 79.9. The van der Waals surface area contributed by atoms with E-state index in [9.17, 15) is 0 Å². The lowest BCUT2D eigenvalue weighted by atomic mass is 9.95. The predicted octanol–water partition coefficient (Wildman–Crippen LogP) is 4.20. The van der Waals surface area contributed by atoms with E-state index in [0.717, 1.165) is 10.9 Å². The Morgan fingerprint density at radius 1 is 1.33 bits per heavy atom. The average Bonchev–Trinajstić information content (AvgIpc) is 2.27. The summed E-state index contributed by atoms with van der Waals surface area (Å²) in [5.41, 5.74) is 1.28. The normalized spacial score (nSPS) is 14.9. The molecule has 1 nitrogen and oxygen atoms in total. The third kappa shape index (κ3) is 4.13. The molecule has 0 bridgehead atoms. The number of benzene rings is 1. The van der Waals surface area contributed by atoms with Crippen molar-refractivity contribution in [3.05, 3.63) is 34.3 Å². The minimum atomic E-state index is 0.248. The van der Waals surface area contributed by atoms with Gasteiger partial charge in [-0.05, 0) is 37.0 Å². The van der Waals surface area contributed by atoms with Gasteiger partial charge >= 0.3 is 0 Å². The van der Waals surface area contributed by atoms with Gasteiger partial charge in [-0.2, -0.15) is 0 Å². The Kier molecular flexibility index (Phi) is 5.65. The van der Waals surface area contributed by atoms with Crippen LogP contribution in [0, 0.1) is 0 Å². The Balaban J connectivity index is 2.69. The van der Waals surface area contributed by atoms with Gasteiger partial charge in [-0.3, -0.25) is 0 Å². The molecule has 0 saturated carbocycles. The molecule has 0 N–H and O–H groups in total. The van der Waals surface area contributed by atoms with Crippen molar-refractivity contribution in [3.8, 4) is 0 Å². The summed E-state index contributed by atoms with van der Waals surface area (Å²) in [4.78, 5) is 0. The zero-order chi connectivity index (χ0) is 11.3. The molecule has 0 radical (unpaired) electrons. The van der Waals surface area contributed by atoms with E-state index in [0.29, 0.717) is 11.8 Å². The zero-order valence-electron chi connectivity index (χ0n) is 9.04. The van der Waals surface area contributed by atoms with E-state index in [2.05, 4.69) is 35.0 Å². The Morgan fingerprint density at radius 3 is 2.40 bits per heavy atom. The highest BCUT2D eigenvalue weighted by molar-refractivity contribution is 9.10. The summed E-state index contributed by atoms with van der Waals surface area (Å²) in [6.07, 6.45) is 1.21. The fraction of sp³-hybridized carbons (Fsp3) is 0.500. The molecule has 1 aromatic carbocycles. The zero-order valence-corrected chi connectivity index (χ0v) is 11.4. The third-order valence-electron chi connectivity index (χ3n) is 2.55. The van der Waals surface area contributed by atoms with E-state index in [4.69, 9.17) is 16.3 Å². The summed E-state index contributed by atoms with van der Waals surface area (Å²) in [5.74, 6) is 1.00. The fourth-order valence-electron chi connectivity index (χ4n) is 1.52. The van der Waals surface area contributed by atoms with Gasteiger partial charge in [0.2, 0.25) is 0 Å². The molecule has 0 heterocycles. The quantitative estimate of drug-likeness (QED) is 0.739. The molecule has 0 aliphatic rings. The molecule has 15 heavy (non-hydrogen) atoms. The number of hydrogen-bond acceptors (Lipinski definition) is 1. The van der Waals surface area contributed by atoms with Crippen LogP contribution in [0.25, 0.3) is 0 Å². The molecule has 0 aliphatic carbocycles. The lowest BCUT2D eigenvalue weighted by molar-refractivity contribution is 0.106. The largest absolute Gasteiger partial charge is 0.382 e. The highest BCUT2D eigenvalue weighted by Crippen LogP contribution is 2.25. The number of alkyl halides is 1. The van der Waals surface area contributed by atoms with Gasteiger partial charge in [-0.15, -0.1) is 11.6 Å². The van der Waals surface area contributed by atoms with E-state index in [1.807, 2.05) is 12.1 Å². The second-order valence-corrected chi connectivity index (χ2v) is 4.91. The Bertz CT molecular complexity index is 286. The van der Waals surface area contributed by atoms with Crippen LogP contribution in [0.1, 0.15) is 24.8 Å². The van der Waals surface area contributed by atoms with Crippen molar-refractivity contribution in [2.45, 2.75) is 25.4 Å². The summed E-state index contributed by atoms with van der Waals surface area (Å²) in [5, 5.41) is 0. The van der Waals surface area contributed by atoms with Crippen molar-refractivity contribution in [1.29, 1.82) is 0 Å². The van der Waals surface area contributed by atoms with Gasteiger partial charge in [0.25, 0.3) is 0 Å². The Labute approximate surface area is 105 Å². The second-order valence-electron chi connectivity index (χ2n) is 3.68. The number of hydrogen-bond donors (Lipinski definition) is 0. The molecule has 2 unspecified atom stereocenters. The maximum atomic E-state index is 5.98. The minimum absolute atomic E-state index is 0.248. The first-order valence-electron chi connectivity index (χ1n) is 5.01. The number of rotatable bonds is 5. The van der Waals surface area contributed by atoms with Crippen molar-refractivity contribution >= 4 is 27.5 Å². The van der Waals surface area contributed by atoms with Crippen molar-refractivity contribution in [1.82, 2.24) is 0 Å². The lowest BCUT2D eigenvalue weighted by Gasteiger charge is -2.18. The van der Waals surface area contributed by atoms with Gasteiger partial charge < -0.3 is 4.74 Å². The van der Waals surface area contributed by atoms with Crippen LogP contribution in [0.2, 0.25) is 0 Å². The molecule has 0 saturated heterocycles. The molecule has 3 heteroatoms. The molecule has 1 aromatic rings. The molecule has 0 amide bonds. The van der Waals surface area contributed by atoms with Crippen molar-refractivity contribution in [2.75, 3.05) is 13.0 Å². The fourth-order valence-corrected chi connectivity index (χ4v) is 2.09. The Morgan fingerprint density at radius 2 is 1.93 bits per heavy atom. The molecule has 1 rings (SSSR count). The lowest BCUT2D eigenvalue weighted by Crippen LogP contribution is -2.12. The van der Waals surface area contributed by atoms with Gasteiger partial charge in [-0.25, -0.2) is 0 Å². The van der Waals surface area contributed by atoms with Gasteiger partial charge in [0.1, 0.15) is 0 Å². The highest BCUT2D eigenvalue weighted by Gasteiger charge is 2.13. The molecule has 0 fully saturated rings. The summed E-state index contributed by atoms with van der Waals surface area (Å²) in [6, 6.07) is 8.32. The summed E-state index contributed by atoms with van der Waals surface area (Å²) >= 11 is 9.40. The van der Waals surface area contributed by atoms with Gasteiger partial charge in [0.15, 0.2) is 0 Å². The average molecular weight is 292 g/mol. The first-order chi connectivity index (χ1) is 7.17. The van der Waals surface area contributed by atoms with Crippen LogP contribution in [-0.2, 0) is 4.74 Å². The maximum Gasteiger partial charge on any atom is 0.0549 e. The topological polar surface area (TPSA) is 9.23 Å². The van der Waals surface area contributed by atoms with E-state index >= 15 is 0 Å². The molecular formula is C12H16BrClO. The van der Waals surface area contributed by atoms with Gasteiger partial charge in [0, 0.05) is 17.5 Å². The first-order valence-corrected chi connectivity index (χ1v) is 6.34. The van der Waals surface area contributed by atoms with Gasteiger partial charge in [-0.1, -0.05) is 28.1 Å². The smallest absolute Gasteiger partial charge is 0.0549 e.